The van der Waals surface area contributed by atoms with Crippen molar-refractivity contribution < 1.29 is 19.7 Å². The molecule has 5 atom stereocenters. The van der Waals surface area contributed by atoms with E-state index in [4.69, 9.17) is 4.74 Å². The second-order valence-corrected chi connectivity index (χ2v) is 12.6. The van der Waals surface area contributed by atoms with Gasteiger partial charge in [-0.05, 0) is 123 Å². The van der Waals surface area contributed by atoms with Crippen LogP contribution >= 0.6 is 0 Å². The third kappa shape index (κ3) is 9.71. The molecule has 2 saturated carbocycles. The number of alkyl halides is 2. The topological polar surface area (TPSA) is 39.2 Å². The molecule has 44 heavy (non-hydrogen) atoms. The van der Waals surface area contributed by atoms with E-state index in [0.717, 1.165) is 68.3 Å². The standard InChI is InChI=1S/C37H45F2NO2.C2H6.H2/c1-26(29-6-2-5-27(11-12-29)25-28-21-23-40-24-22-28)36(41)32-8-4-10-35(20-18-32)42-34-9-3-7-30(17-19-34)31-13-15-33(16-14-31)37(38)39;1-2;/h8,10,13-16,18,20-24,26-27,29-30,34,37H,2-7,9,11-12,17,19,25H2,1H3;1-2H3;1H. The molecular formula is C39H53F2NO2. The Bertz CT molecular complexity index is 1260. The van der Waals surface area contributed by atoms with Crippen LogP contribution < -0.4 is 0 Å². The summed E-state index contributed by atoms with van der Waals surface area (Å²) < 4.78 is 32.3. The molecule has 5 unspecified atom stereocenters. The molecule has 5 rings (SSSR count). The summed E-state index contributed by atoms with van der Waals surface area (Å²) in [5, 5.41) is 0. The van der Waals surface area contributed by atoms with E-state index < -0.39 is 6.43 Å². The number of allylic oxidation sites excluding steroid dienone is 5. The lowest BCUT2D eigenvalue weighted by atomic mass is 9.82. The summed E-state index contributed by atoms with van der Waals surface area (Å²) in [6.45, 7) is 6.13. The number of hydrogen-bond donors (Lipinski definition) is 0. The maximum Gasteiger partial charge on any atom is 0.263 e. The lowest BCUT2D eigenvalue weighted by Crippen LogP contribution is -2.22. The molecule has 2 aromatic rings. The monoisotopic (exact) mass is 605 g/mol. The van der Waals surface area contributed by atoms with Crippen molar-refractivity contribution in [2.75, 3.05) is 0 Å². The Kier molecular flexibility index (Phi) is 13.4. The molecule has 240 valence electrons. The number of pyridine rings is 1. The van der Waals surface area contributed by atoms with Crippen LogP contribution in [0.2, 0.25) is 0 Å². The fourth-order valence-electron chi connectivity index (χ4n) is 7.15. The van der Waals surface area contributed by atoms with Crippen molar-refractivity contribution in [1.82, 2.24) is 4.98 Å². The van der Waals surface area contributed by atoms with Gasteiger partial charge in [-0.1, -0.05) is 64.0 Å². The van der Waals surface area contributed by atoms with Crippen molar-refractivity contribution in [3.63, 3.8) is 0 Å². The summed E-state index contributed by atoms with van der Waals surface area (Å²) in [7, 11) is 0. The molecule has 3 nitrogen and oxygen atoms in total. The maximum atomic E-state index is 13.6. The largest absolute Gasteiger partial charge is 0.491 e. The number of carbonyl (C=O) groups is 1. The number of halogens is 2. The zero-order valence-corrected chi connectivity index (χ0v) is 26.9. The van der Waals surface area contributed by atoms with Crippen LogP contribution in [0.15, 0.2) is 84.4 Å². The van der Waals surface area contributed by atoms with E-state index in [2.05, 4.69) is 36.2 Å². The van der Waals surface area contributed by atoms with Crippen LogP contribution in [0.25, 0.3) is 0 Å². The smallest absolute Gasteiger partial charge is 0.263 e. The maximum absolute atomic E-state index is 13.6. The van der Waals surface area contributed by atoms with Crippen LogP contribution in [0.4, 0.5) is 8.78 Å². The molecule has 1 heterocycles. The molecule has 0 radical (unpaired) electrons. The zero-order valence-electron chi connectivity index (χ0n) is 26.9. The van der Waals surface area contributed by atoms with Crippen LogP contribution in [0.5, 0.6) is 0 Å². The number of aromatic nitrogens is 1. The highest BCUT2D eigenvalue weighted by Crippen LogP contribution is 2.36. The number of ether oxygens (including phenoxy) is 1. The van der Waals surface area contributed by atoms with Gasteiger partial charge in [0.15, 0.2) is 5.78 Å². The van der Waals surface area contributed by atoms with Crippen molar-refractivity contribution in [1.29, 1.82) is 0 Å². The van der Waals surface area contributed by atoms with Gasteiger partial charge in [0.25, 0.3) is 6.43 Å². The minimum Gasteiger partial charge on any atom is -0.491 e. The minimum atomic E-state index is -2.42. The van der Waals surface area contributed by atoms with E-state index in [9.17, 15) is 13.6 Å². The average molecular weight is 606 g/mol. The summed E-state index contributed by atoms with van der Waals surface area (Å²) in [5.41, 5.74) is 3.40. The van der Waals surface area contributed by atoms with Gasteiger partial charge in [-0.15, -0.1) is 0 Å². The Morgan fingerprint density at radius 1 is 0.886 bits per heavy atom. The molecule has 2 fully saturated rings. The summed E-state index contributed by atoms with van der Waals surface area (Å²) in [6, 6.07) is 11.1. The Morgan fingerprint density at radius 2 is 1.64 bits per heavy atom. The molecule has 5 heteroatoms. The lowest BCUT2D eigenvalue weighted by molar-refractivity contribution is -0.120. The van der Waals surface area contributed by atoms with Crippen LogP contribution in [-0.2, 0) is 16.0 Å². The van der Waals surface area contributed by atoms with Crippen molar-refractivity contribution >= 4 is 5.78 Å². The first-order valence-corrected chi connectivity index (χ1v) is 17.0. The fourth-order valence-corrected chi connectivity index (χ4v) is 7.15. The predicted octanol–water partition coefficient (Wildman–Crippen LogP) is 11.1. The number of Topliss-reactive ketones (excluding diaryl/α,β-unsaturated/α-hetero) is 1. The summed E-state index contributed by atoms with van der Waals surface area (Å²) in [6.07, 6.45) is 22.2. The molecular weight excluding hydrogens is 552 g/mol. The van der Waals surface area contributed by atoms with Gasteiger partial charge >= 0.3 is 0 Å². The average Bonchev–Trinajstić information content (AvgIpc) is 3.54. The van der Waals surface area contributed by atoms with Crippen LogP contribution in [0.1, 0.15) is 122 Å². The molecule has 0 bridgehead atoms. The van der Waals surface area contributed by atoms with E-state index in [1.165, 1.54) is 24.8 Å². The lowest BCUT2D eigenvalue weighted by Gasteiger charge is -2.22. The summed E-state index contributed by atoms with van der Waals surface area (Å²) in [5.74, 6) is 2.63. The normalized spacial score (nSPS) is 24.9. The molecule has 3 aliphatic carbocycles. The molecule has 1 aromatic carbocycles. The van der Waals surface area contributed by atoms with Gasteiger partial charge in [0.1, 0.15) is 5.76 Å². The Balaban J connectivity index is 0.00000180. The predicted molar refractivity (Wildman–Crippen MR) is 178 cm³/mol. The number of hydrogen-bond acceptors (Lipinski definition) is 3. The first kappa shape index (κ1) is 33.8. The molecule has 0 amide bonds. The van der Waals surface area contributed by atoms with Crippen LogP contribution in [0.3, 0.4) is 0 Å². The van der Waals surface area contributed by atoms with Crippen LogP contribution in [0, 0.1) is 17.8 Å². The first-order valence-electron chi connectivity index (χ1n) is 17.0. The number of carbonyl (C=O) groups excluding carboxylic acids is 1. The van der Waals surface area contributed by atoms with E-state index in [0.29, 0.717) is 24.2 Å². The number of rotatable bonds is 9. The summed E-state index contributed by atoms with van der Waals surface area (Å²) >= 11 is 0. The SMILES string of the molecule is CC.CC(C(=O)C1=CCC=C(OC2CCCC(c3ccc(C(F)F)cc3)CC2)C=C1)C1CCCC(Cc2ccncc2)CC1.[HH]. The Hall–Kier alpha value is -3.08. The van der Waals surface area contributed by atoms with Crippen molar-refractivity contribution in [2.45, 2.75) is 116 Å². The van der Waals surface area contributed by atoms with Crippen molar-refractivity contribution in [2.24, 2.45) is 17.8 Å². The quantitative estimate of drug-likeness (QED) is 0.267. The van der Waals surface area contributed by atoms with Gasteiger partial charge in [-0.25, -0.2) is 8.78 Å². The van der Waals surface area contributed by atoms with E-state index in [1.54, 1.807) is 12.1 Å². The third-order valence-corrected chi connectivity index (χ3v) is 9.77. The minimum absolute atomic E-state index is 0. The van der Waals surface area contributed by atoms with E-state index >= 15 is 0 Å². The van der Waals surface area contributed by atoms with Crippen molar-refractivity contribution in [3.8, 4) is 0 Å². The number of nitrogens with zero attached hydrogens (tertiary/aromatic N) is 1. The van der Waals surface area contributed by atoms with Gasteiger partial charge < -0.3 is 4.74 Å². The second kappa shape index (κ2) is 17.4. The Morgan fingerprint density at radius 3 is 2.39 bits per heavy atom. The molecule has 0 aliphatic heterocycles. The number of ketones is 1. The highest BCUT2D eigenvalue weighted by Gasteiger charge is 2.29. The highest BCUT2D eigenvalue weighted by molar-refractivity contribution is 5.99. The molecule has 0 saturated heterocycles. The highest BCUT2D eigenvalue weighted by atomic mass is 19.3. The van der Waals surface area contributed by atoms with Gasteiger partial charge in [0.2, 0.25) is 0 Å². The fraction of sp³-hybridized carbons (Fsp3) is 0.538. The first-order chi connectivity index (χ1) is 21.5. The zero-order chi connectivity index (χ0) is 31.3. The molecule has 3 aliphatic rings. The molecule has 0 spiro atoms. The van der Waals surface area contributed by atoms with Gasteiger partial charge in [0.05, 0.1) is 6.10 Å². The van der Waals surface area contributed by atoms with E-state index in [1.807, 2.05) is 50.5 Å². The third-order valence-electron chi connectivity index (χ3n) is 9.77. The van der Waals surface area contributed by atoms with Crippen molar-refractivity contribution in [3.05, 3.63) is 101 Å². The Labute approximate surface area is 265 Å². The molecule has 1 aromatic heterocycles. The number of benzene rings is 1. The van der Waals surface area contributed by atoms with Gasteiger partial charge in [0, 0.05) is 30.9 Å². The molecule has 0 N–H and O–H groups in total. The van der Waals surface area contributed by atoms with Gasteiger partial charge in [-0.2, -0.15) is 0 Å². The summed E-state index contributed by atoms with van der Waals surface area (Å²) in [4.78, 5) is 17.7. The second-order valence-electron chi connectivity index (χ2n) is 12.6. The van der Waals surface area contributed by atoms with Gasteiger partial charge in [-0.3, -0.25) is 9.78 Å². The van der Waals surface area contributed by atoms with Crippen LogP contribution in [-0.4, -0.2) is 16.9 Å². The van der Waals surface area contributed by atoms with E-state index in [-0.39, 0.29) is 24.8 Å².